The van der Waals surface area contributed by atoms with Crippen molar-refractivity contribution in [1.82, 2.24) is 0 Å². The van der Waals surface area contributed by atoms with E-state index in [-0.39, 0.29) is 0 Å². The molecule has 0 N–H and O–H groups in total. The highest BCUT2D eigenvalue weighted by Gasteiger charge is 2.28. The van der Waals surface area contributed by atoms with Gasteiger partial charge in [0.2, 0.25) is 0 Å². The van der Waals surface area contributed by atoms with Gasteiger partial charge in [0.25, 0.3) is 0 Å². The molecule has 5 heterocycles. The lowest BCUT2D eigenvalue weighted by Gasteiger charge is -2.26. The minimum atomic E-state index is 0.701. The number of rotatable bonds is 6. The van der Waals surface area contributed by atoms with Crippen LogP contribution in [-0.4, -0.2) is 0 Å². The first-order chi connectivity index (χ1) is 33.2. The van der Waals surface area contributed by atoms with Gasteiger partial charge in [0.15, 0.2) is 11.2 Å². The first-order valence-electron chi connectivity index (χ1n) is 22.4. The number of benzene rings is 10. The molecule has 15 rings (SSSR count). The van der Waals surface area contributed by atoms with Crippen molar-refractivity contribution < 1.29 is 22.1 Å². The Bertz CT molecular complexity index is 4480. The van der Waals surface area contributed by atoms with Gasteiger partial charge in [-0.25, -0.2) is 0 Å². The zero-order valence-corrected chi connectivity index (χ0v) is 35.6. The van der Waals surface area contributed by atoms with Crippen molar-refractivity contribution in [3.05, 3.63) is 206 Å². The monoisotopic (exact) mass is 862 g/mol. The molecule has 7 heteroatoms. The molecule has 0 aliphatic heterocycles. The van der Waals surface area contributed by atoms with Crippen LogP contribution in [0.4, 0.5) is 34.1 Å². The van der Waals surface area contributed by atoms with Gasteiger partial charge in [-0.15, -0.1) is 0 Å². The molecule has 0 saturated heterocycles. The summed E-state index contributed by atoms with van der Waals surface area (Å²) < 4.78 is 33.9. The Balaban J connectivity index is 0.946. The van der Waals surface area contributed by atoms with Crippen LogP contribution in [0.3, 0.4) is 0 Å². The minimum absolute atomic E-state index is 0.701. The second kappa shape index (κ2) is 13.7. The van der Waals surface area contributed by atoms with Gasteiger partial charge in [-0.2, -0.15) is 0 Å². The molecule has 0 bridgehead atoms. The Hall–Kier alpha value is -9.20. The maximum Gasteiger partial charge on any atom is 0.159 e. The number of furan rings is 5. The van der Waals surface area contributed by atoms with Crippen LogP contribution in [-0.2, 0) is 0 Å². The Morgan fingerprint density at radius 2 is 0.716 bits per heavy atom. The van der Waals surface area contributed by atoms with Crippen LogP contribution in [0.15, 0.2) is 228 Å². The summed E-state index contributed by atoms with van der Waals surface area (Å²) in [5.41, 5.74) is 13.4. The number of hydrogen-bond donors (Lipinski definition) is 0. The lowest BCUT2D eigenvalue weighted by atomic mass is 10.0. The molecular formula is C60H34N2O5. The topological polar surface area (TPSA) is 72.2 Å². The number of hydrogen-bond acceptors (Lipinski definition) is 7. The molecule has 0 unspecified atom stereocenters. The molecule has 7 nitrogen and oxygen atoms in total. The number of anilines is 6. The summed E-state index contributed by atoms with van der Waals surface area (Å²) in [5, 5.41) is 10.1. The highest BCUT2D eigenvalue weighted by Crippen LogP contribution is 2.51. The van der Waals surface area contributed by atoms with Gasteiger partial charge >= 0.3 is 0 Å². The van der Waals surface area contributed by atoms with Crippen molar-refractivity contribution in [1.29, 1.82) is 0 Å². The fraction of sp³-hybridized carbons (Fsp3) is 0. The van der Waals surface area contributed by atoms with Crippen LogP contribution >= 0.6 is 0 Å². The molecule has 0 aliphatic carbocycles. The normalized spacial score (nSPS) is 12.2. The second-order valence-electron chi connectivity index (χ2n) is 17.1. The van der Waals surface area contributed by atoms with Gasteiger partial charge in [-0.1, -0.05) is 115 Å². The number of fused-ring (bicyclic) bond motifs is 16. The molecule has 67 heavy (non-hydrogen) atoms. The maximum atomic E-state index is 6.94. The van der Waals surface area contributed by atoms with Gasteiger partial charge in [0, 0.05) is 72.7 Å². The standard InChI is InChI=1S/C60H34N2O5/c1-3-15-35(16-4-1)61(46-24-13-22-41-38-19-7-10-26-49(38)65-58(41)46)37-29-30-40-44-32-45-54(34-53(44)63-52(40)31-37)64-55-33-48(56-43-21-9-12-28-51(43)67-60(56)57(45)55)62(36-17-5-2-6-18-36)47-25-14-23-42-39-20-8-11-27-50(39)66-59(42)47/h1-34H. The summed E-state index contributed by atoms with van der Waals surface area (Å²) in [5.74, 6) is 0. The van der Waals surface area contributed by atoms with Crippen LogP contribution in [0.25, 0.3) is 110 Å². The smallest absolute Gasteiger partial charge is 0.159 e. The zero-order chi connectivity index (χ0) is 43.7. The van der Waals surface area contributed by atoms with Crippen LogP contribution < -0.4 is 9.80 Å². The van der Waals surface area contributed by atoms with Gasteiger partial charge < -0.3 is 31.9 Å². The Morgan fingerprint density at radius 3 is 1.39 bits per heavy atom. The first-order valence-corrected chi connectivity index (χ1v) is 22.4. The minimum Gasteiger partial charge on any atom is -0.456 e. The Morgan fingerprint density at radius 1 is 0.224 bits per heavy atom. The molecule has 314 valence electrons. The molecule has 0 spiro atoms. The molecule has 5 aromatic heterocycles. The molecule has 15 aromatic rings. The van der Waals surface area contributed by atoms with E-state index in [1.807, 2.05) is 54.6 Å². The zero-order valence-electron chi connectivity index (χ0n) is 35.6. The maximum absolute atomic E-state index is 6.94. The second-order valence-corrected chi connectivity index (χ2v) is 17.1. The third-order valence-corrected chi connectivity index (χ3v) is 13.4. The SMILES string of the molecule is c1ccc(N(c2ccc3c(c2)oc2cc4oc5cc(N(c6ccccc6)c6cccc7c6oc6ccccc67)c6c7ccccc7oc6c5c4cc23)c2cccc3c2oc2ccccc23)cc1. The van der Waals surface area contributed by atoms with Crippen molar-refractivity contribution in [2.45, 2.75) is 0 Å². The summed E-state index contributed by atoms with van der Waals surface area (Å²) in [4.78, 5) is 4.51. The Labute approximate surface area is 380 Å². The largest absolute Gasteiger partial charge is 0.456 e. The molecule has 0 fully saturated rings. The van der Waals surface area contributed by atoms with Crippen LogP contribution in [0.1, 0.15) is 0 Å². The predicted molar refractivity (Wildman–Crippen MR) is 272 cm³/mol. The van der Waals surface area contributed by atoms with E-state index in [4.69, 9.17) is 22.1 Å². The quantitative estimate of drug-likeness (QED) is 0.165. The van der Waals surface area contributed by atoms with Crippen LogP contribution in [0.2, 0.25) is 0 Å². The number of nitrogens with zero attached hydrogens (tertiary/aromatic N) is 2. The molecule has 0 aliphatic rings. The van der Waals surface area contributed by atoms with E-state index in [1.54, 1.807) is 0 Å². The molecule has 10 aromatic carbocycles. The fourth-order valence-corrected chi connectivity index (χ4v) is 10.5. The summed E-state index contributed by atoms with van der Waals surface area (Å²) in [7, 11) is 0. The van der Waals surface area contributed by atoms with E-state index in [2.05, 4.69) is 161 Å². The van der Waals surface area contributed by atoms with Crippen LogP contribution in [0.5, 0.6) is 0 Å². The lowest BCUT2D eigenvalue weighted by molar-refractivity contribution is 0.654. The van der Waals surface area contributed by atoms with E-state index in [9.17, 15) is 0 Å². The fourth-order valence-electron chi connectivity index (χ4n) is 10.5. The van der Waals surface area contributed by atoms with Crippen molar-refractivity contribution >= 4 is 144 Å². The summed E-state index contributed by atoms with van der Waals surface area (Å²) in [6.45, 7) is 0. The molecule has 0 radical (unpaired) electrons. The number of para-hydroxylation sites is 7. The van der Waals surface area contributed by atoms with Gasteiger partial charge in [-0.05, 0) is 72.8 Å². The van der Waals surface area contributed by atoms with E-state index < -0.39 is 0 Å². The van der Waals surface area contributed by atoms with E-state index in [0.29, 0.717) is 11.2 Å². The van der Waals surface area contributed by atoms with E-state index >= 15 is 0 Å². The summed E-state index contributed by atoms with van der Waals surface area (Å²) >= 11 is 0. The van der Waals surface area contributed by atoms with Crippen molar-refractivity contribution in [3.63, 3.8) is 0 Å². The predicted octanol–water partition coefficient (Wildman–Crippen LogP) is 18.1. The molecule has 0 atom stereocenters. The lowest BCUT2D eigenvalue weighted by Crippen LogP contribution is -2.10. The third-order valence-electron chi connectivity index (χ3n) is 13.4. The van der Waals surface area contributed by atoms with Gasteiger partial charge in [-0.3, -0.25) is 0 Å². The average Bonchev–Trinajstić information content (AvgIpc) is 4.20. The van der Waals surface area contributed by atoms with Gasteiger partial charge in [0.05, 0.1) is 33.5 Å². The Kier molecular flexibility index (Phi) is 7.37. The van der Waals surface area contributed by atoms with E-state index in [0.717, 1.165) is 133 Å². The van der Waals surface area contributed by atoms with Crippen LogP contribution in [0, 0.1) is 0 Å². The average molecular weight is 863 g/mol. The summed E-state index contributed by atoms with van der Waals surface area (Å²) in [6, 6.07) is 70.9. The summed E-state index contributed by atoms with van der Waals surface area (Å²) in [6.07, 6.45) is 0. The van der Waals surface area contributed by atoms with Gasteiger partial charge in [0.1, 0.15) is 44.7 Å². The highest BCUT2D eigenvalue weighted by molar-refractivity contribution is 6.28. The van der Waals surface area contributed by atoms with Crippen molar-refractivity contribution in [2.75, 3.05) is 9.80 Å². The van der Waals surface area contributed by atoms with Crippen molar-refractivity contribution in [3.8, 4) is 0 Å². The highest BCUT2D eigenvalue weighted by atomic mass is 16.4. The molecular weight excluding hydrogens is 829 g/mol. The third kappa shape index (κ3) is 5.22. The molecule has 0 amide bonds. The van der Waals surface area contributed by atoms with E-state index in [1.165, 1.54) is 0 Å². The van der Waals surface area contributed by atoms with Crippen molar-refractivity contribution in [2.24, 2.45) is 0 Å². The first kappa shape index (κ1) is 36.2. The molecule has 0 saturated carbocycles.